The van der Waals surface area contributed by atoms with Crippen molar-refractivity contribution in [3.05, 3.63) is 60.1 Å². The van der Waals surface area contributed by atoms with Crippen LogP contribution in [0.5, 0.6) is 5.75 Å². The number of aryl methyl sites for hydroxylation is 1. The maximum absolute atomic E-state index is 5.81. The van der Waals surface area contributed by atoms with E-state index >= 15 is 0 Å². The number of hydrogen-bond acceptors (Lipinski definition) is 5. The highest BCUT2D eigenvalue weighted by Gasteiger charge is 2.17. The first-order valence-corrected chi connectivity index (χ1v) is 6.71. The third-order valence-corrected chi connectivity index (χ3v) is 2.99. The lowest BCUT2D eigenvalue weighted by Crippen LogP contribution is -2.03. The van der Waals surface area contributed by atoms with E-state index in [0.717, 1.165) is 11.3 Å². The van der Waals surface area contributed by atoms with Crippen molar-refractivity contribution in [1.29, 1.82) is 0 Å². The molecule has 0 aliphatic carbocycles. The second kappa shape index (κ2) is 5.75. The van der Waals surface area contributed by atoms with Crippen molar-refractivity contribution >= 4 is 0 Å². The van der Waals surface area contributed by atoms with Gasteiger partial charge in [0.25, 0.3) is 5.89 Å². The van der Waals surface area contributed by atoms with Crippen molar-refractivity contribution in [3.63, 3.8) is 0 Å². The Morgan fingerprint density at radius 2 is 2.05 bits per heavy atom. The third-order valence-electron chi connectivity index (χ3n) is 2.99. The Hall–Kier alpha value is -2.69. The summed E-state index contributed by atoms with van der Waals surface area (Å²) in [5, 5.41) is 3.94. The molecule has 0 aliphatic heterocycles. The summed E-state index contributed by atoms with van der Waals surface area (Å²) < 4.78 is 11.1. The van der Waals surface area contributed by atoms with Gasteiger partial charge >= 0.3 is 0 Å². The fraction of sp³-hybridized carbons (Fsp3) is 0.188. The topological polar surface area (TPSA) is 61.0 Å². The van der Waals surface area contributed by atoms with E-state index in [-0.39, 0.29) is 6.10 Å². The normalized spacial score (nSPS) is 12.1. The Kier molecular flexibility index (Phi) is 3.64. The summed E-state index contributed by atoms with van der Waals surface area (Å²) in [6.45, 7) is 3.89. The minimum absolute atomic E-state index is 0.322. The van der Waals surface area contributed by atoms with E-state index in [1.807, 2.05) is 56.3 Å². The summed E-state index contributed by atoms with van der Waals surface area (Å²) in [7, 11) is 0. The number of rotatable bonds is 4. The molecule has 0 aliphatic rings. The first-order chi connectivity index (χ1) is 10.2. The smallest absolute Gasteiger partial charge is 0.267 e. The Bertz CT molecular complexity index is 725. The molecule has 106 valence electrons. The molecule has 0 fully saturated rings. The monoisotopic (exact) mass is 281 g/mol. The summed E-state index contributed by atoms with van der Waals surface area (Å²) >= 11 is 0. The molecule has 0 radical (unpaired) electrons. The van der Waals surface area contributed by atoms with Crippen molar-refractivity contribution in [2.45, 2.75) is 20.0 Å². The standard InChI is InChI=1S/C16H15N3O2/c1-11-6-5-7-13(10-11)20-12(2)16-18-15(19-21-16)14-8-3-4-9-17-14/h3-10,12H,1-2H3. The zero-order valence-electron chi connectivity index (χ0n) is 11.9. The summed E-state index contributed by atoms with van der Waals surface area (Å²) in [6.07, 6.45) is 1.37. The van der Waals surface area contributed by atoms with Crippen LogP contribution in [-0.4, -0.2) is 15.1 Å². The van der Waals surface area contributed by atoms with Crippen molar-refractivity contribution in [1.82, 2.24) is 15.1 Å². The molecule has 2 aromatic heterocycles. The van der Waals surface area contributed by atoms with E-state index in [4.69, 9.17) is 9.26 Å². The second-order valence-corrected chi connectivity index (χ2v) is 4.75. The van der Waals surface area contributed by atoms with E-state index < -0.39 is 0 Å². The van der Waals surface area contributed by atoms with Crippen LogP contribution in [0.4, 0.5) is 0 Å². The molecule has 0 saturated heterocycles. The number of pyridine rings is 1. The highest BCUT2D eigenvalue weighted by molar-refractivity contribution is 5.47. The molecule has 0 amide bonds. The summed E-state index contributed by atoms with van der Waals surface area (Å²) in [5.41, 5.74) is 1.81. The van der Waals surface area contributed by atoms with Crippen LogP contribution in [0.3, 0.4) is 0 Å². The molecule has 0 N–H and O–H groups in total. The molecule has 3 rings (SSSR count). The van der Waals surface area contributed by atoms with Crippen molar-refractivity contribution < 1.29 is 9.26 Å². The lowest BCUT2D eigenvalue weighted by molar-refractivity contribution is 0.175. The molecule has 0 spiro atoms. The van der Waals surface area contributed by atoms with Gasteiger partial charge in [0.15, 0.2) is 6.10 Å². The van der Waals surface area contributed by atoms with Gasteiger partial charge in [-0.2, -0.15) is 4.98 Å². The van der Waals surface area contributed by atoms with Gasteiger partial charge < -0.3 is 9.26 Å². The van der Waals surface area contributed by atoms with Gasteiger partial charge in [-0.1, -0.05) is 23.4 Å². The zero-order chi connectivity index (χ0) is 14.7. The van der Waals surface area contributed by atoms with Crippen LogP contribution in [0.1, 0.15) is 24.5 Å². The van der Waals surface area contributed by atoms with Crippen molar-refractivity contribution in [3.8, 4) is 17.3 Å². The highest BCUT2D eigenvalue weighted by atomic mass is 16.5. The van der Waals surface area contributed by atoms with Crippen molar-refractivity contribution in [2.24, 2.45) is 0 Å². The van der Waals surface area contributed by atoms with Gasteiger partial charge in [-0.05, 0) is 43.7 Å². The largest absolute Gasteiger partial charge is 0.481 e. The van der Waals surface area contributed by atoms with Crippen molar-refractivity contribution in [2.75, 3.05) is 0 Å². The zero-order valence-corrected chi connectivity index (χ0v) is 11.9. The van der Waals surface area contributed by atoms with Crippen LogP contribution >= 0.6 is 0 Å². The maximum atomic E-state index is 5.81. The number of ether oxygens (including phenoxy) is 1. The number of aromatic nitrogens is 3. The first kappa shape index (κ1) is 13.3. The molecule has 1 unspecified atom stereocenters. The Morgan fingerprint density at radius 1 is 1.14 bits per heavy atom. The van der Waals surface area contributed by atoms with Crippen LogP contribution in [0.2, 0.25) is 0 Å². The van der Waals surface area contributed by atoms with Gasteiger partial charge in [0.2, 0.25) is 5.82 Å². The van der Waals surface area contributed by atoms with Crippen LogP contribution in [0.15, 0.2) is 53.2 Å². The average molecular weight is 281 g/mol. The maximum Gasteiger partial charge on any atom is 0.267 e. The van der Waals surface area contributed by atoms with Gasteiger partial charge in [0, 0.05) is 6.20 Å². The van der Waals surface area contributed by atoms with E-state index in [9.17, 15) is 0 Å². The van der Waals surface area contributed by atoms with E-state index in [1.54, 1.807) is 6.20 Å². The molecule has 2 heterocycles. The SMILES string of the molecule is Cc1cccc(OC(C)c2nc(-c3ccccn3)no2)c1. The molecular weight excluding hydrogens is 266 g/mol. The lowest BCUT2D eigenvalue weighted by Gasteiger charge is -2.10. The quantitative estimate of drug-likeness (QED) is 0.731. The van der Waals surface area contributed by atoms with Crippen LogP contribution in [0, 0.1) is 6.92 Å². The van der Waals surface area contributed by atoms with E-state index in [2.05, 4.69) is 15.1 Å². The third kappa shape index (κ3) is 3.08. The molecule has 0 bridgehead atoms. The predicted octanol–water partition coefficient (Wildman–Crippen LogP) is 3.58. The van der Waals surface area contributed by atoms with Gasteiger partial charge in [-0.15, -0.1) is 0 Å². The molecule has 5 heteroatoms. The summed E-state index contributed by atoms with van der Waals surface area (Å²) in [4.78, 5) is 8.53. The molecule has 0 saturated carbocycles. The number of nitrogens with zero attached hydrogens (tertiary/aromatic N) is 3. The highest BCUT2D eigenvalue weighted by Crippen LogP contribution is 2.23. The summed E-state index contributed by atoms with van der Waals surface area (Å²) in [5.74, 6) is 1.67. The first-order valence-electron chi connectivity index (χ1n) is 6.71. The van der Waals surface area contributed by atoms with Crippen LogP contribution < -0.4 is 4.74 Å². The molecule has 3 aromatic rings. The van der Waals surface area contributed by atoms with Gasteiger partial charge in [-0.3, -0.25) is 4.98 Å². The minimum Gasteiger partial charge on any atom is -0.481 e. The Labute approximate surface area is 122 Å². The lowest BCUT2D eigenvalue weighted by atomic mass is 10.2. The van der Waals surface area contributed by atoms with Crippen LogP contribution in [0.25, 0.3) is 11.5 Å². The Morgan fingerprint density at radius 3 is 2.81 bits per heavy atom. The fourth-order valence-corrected chi connectivity index (χ4v) is 1.94. The van der Waals surface area contributed by atoms with Gasteiger partial charge in [-0.25, -0.2) is 0 Å². The molecule has 1 aromatic carbocycles. The van der Waals surface area contributed by atoms with E-state index in [1.165, 1.54) is 0 Å². The van der Waals surface area contributed by atoms with Gasteiger partial charge in [0.05, 0.1) is 0 Å². The fourth-order valence-electron chi connectivity index (χ4n) is 1.94. The Balaban J connectivity index is 1.77. The second-order valence-electron chi connectivity index (χ2n) is 4.75. The average Bonchev–Trinajstić information content (AvgIpc) is 2.98. The molecular formula is C16H15N3O2. The van der Waals surface area contributed by atoms with Gasteiger partial charge in [0.1, 0.15) is 11.4 Å². The molecule has 21 heavy (non-hydrogen) atoms. The number of hydrogen-bond donors (Lipinski definition) is 0. The van der Waals surface area contributed by atoms with Crippen LogP contribution in [-0.2, 0) is 0 Å². The molecule has 1 atom stereocenters. The summed E-state index contributed by atoms with van der Waals surface area (Å²) in [6, 6.07) is 13.4. The number of benzene rings is 1. The predicted molar refractivity (Wildman–Crippen MR) is 77.8 cm³/mol. The minimum atomic E-state index is -0.322. The van der Waals surface area contributed by atoms with E-state index in [0.29, 0.717) is 17.4 Å². The molecule has 5 nitrogen and oxygen atoms in total.